The predicted octanol–water partition coefficient (Wildman–Crippen LogP) is 3.48. The molecular weight excluding hydrogens is 975 g/mol. The monoisotopic (exact) mass is 1070 g/mol. The highest BCUT2D eigenvalue weighted by Crippen LogP contribution is 2.33. The molecule has 19 heteroatoms. The first kappa shape index (κ1) is 66.5. The molecule has 3 aliphatic heterocycles. The number of allylic oxidation sites excluding steroid dienone is 11. The lowest BCUT2D eigenvalue weighted by atomic mass is 9.96. The van der Waals surface area contributed by atoms with Crippen LogP contribution in [-0.4, -0.2) is 193 Å². The van der Waals surface area contributed by atoms with Gasteiger partial charge in [-0.1, -0.05) is 132 Å². The van der Waals surface area contributed by atoms with E-state index in [1.54, 1.807) is 6.08 Å². The van der Waals surface area contributed by atoms with Gasteiger partial charge in [0.05, 0.1) is 38.6 Å². The molecule has 0 spiro atoms. The smallest absolute Gasteiger partial charge is 0.220 e. The van der Waals surface area contributed by atoms with Crippen molar-refractivity contribution in [2.45, 2.75) is 247 Å². The SMILES string of the molecule is CC/C=C\C/C=C\C/C=C\CCCCCCCCCC(=O)NC(COC1OC(CO)C(OC2OC(CO)C(OC3OC(CO)C(O)C(O)C3O)C(O)C2O)C(O)C1O)C(O)/C=C/CC/C=C/CC/C=C/CCCCC. The number of rotatable bonds is 38. The van der Waals surface area contributed by atoms with Crippen LogP contribution >= 0.6 is 0 Å². The minimum absolute atomic E-state index is 0.216. The van der Waals surface area contributed by atoms with Crippen molar-refractivity contribution in [2.24, 2.45) is 0 Å². The quantitative estimate of drug-likeness (QED) is 0.0311. The Balaban J connectivity index is 1.55. The number of hydrogen-bond acceptors (Lipinski definition) is 18. The Hall–Kier alpha value is -2.77. The zero-order valence-corrected chi connectivity index (χ0v) is 44.5. The molecule has 12 N–H and O–H groups in total. The van der Waals surface area contributed by atoms with Gasteiger partial charge in [-0.15, -0.1) is 0 Å². The third-order valence-electron chi connectivity index (χ3n) is 13.5. The molecule has 0 radical (unpaired) electrons. The van der Waals surface area contributed by atoms with Gasteiger partial charge in [-0.2, -0.15) is 0 Å². The van der Waals surface area contributed by atoms with E-state index in [1.165, 1.54) is 19.3 Å². The highest BCUT2D eigenvalue weighted by molar-refractivity contribution is 5.76. The number of carbonyl (C=O) groups excluding carboxylic acids is 1. The number of hydrogen-bond donors (Lipinski definition) is 12. The largest absolute Gasteiger partial charge is 0.394 e. The van der Waals surface area contributed by atoms with E-state index in [0.29, 0.717) is 12.8 Å². The first-order valence-corrected chi connectivity index (χ1v) is 27.7. The fourth-order valence-electron chi connectivity index (χ4n) is 8.88. The third kappa shape index (κ3) is 24.4. The van der Waals surface area contributed by atoms with E-state index in [0.717, 1.165) is 89.9 Å². The van der Waals surface area contributed by atoms with Crippen LogP contribution in [0.15, 0.2) is 72.9 Å². The standard InChI is InChI=1S/C56H95NO18/c1-3-5-7-9-11-13-15-17-18-19-20-22-24-26-28-30-32-34-44(62)57-39(40(61)33-31-29-27-25-23-21-16-14-12-10-8-6-4-2)38-70-54-50(68)47(65)52(42(36-59)72-54)75-56-51(69)48(66)53(43(37-60)73-56)74-55-49(67)46(64)45(63)41(35-58)71-55/h5,7,11-14,17-18,23,25,31,33,39-43,45-56,58-61,63-69H,3-4,6,8-10,15-16,19-22,24,26-30,32,34-38H2,1-2H3,(H,57,62)/b7-5-,13-11-,14-12+,18-17-,25-23+,33-31+. The maximum atomic E-state index is 13.3. The molecule has 0 bridgehead atoms. The van der Waals surface area contributed by atoms with Crippen LogP contribution in [0.2, 0.25) is 0 Å². The highest BCUT2D eigenvalue weighted by atomic mass is 16.8. The van der Waals surface area contributed by atoms with E-state index in [-0.39, 0.29) is 18.9 Å². The van der Waals surface area contributed by atoms with Crippen LogP contribution in [-0.2, 0) is 33.2 Å². The van der Waals surface area contributed by atoms with Gasteiger partial charge in [0.1, 0.15) is 73.2 Å². The molecule has 0 aromatic heterocycles. The Bertz CT molecular complexity index is 1660. The van der Waals surface area contributed by atoms with Gasteiger partial charge >= 0.3 is 0 Å². The van der Waals surface area contributed by atoms with Crippen molar-refractivity contribution >= 4 is 5.91 Å². The number of carbonyl (C=O) groups is 1. The summed E-state index contributed by atoms with van der Waals surface area (Å²) in [6.45, 7) is 1.50. The Morgan fingerprint density at radius 3 is 1.49 bits per heavy atom. The predicted molar refractivity (Wildman–Crippen MR) is 281 cm³/mol. The average Bonchev–Trinajstić information content (AvgIpc) is 3.41. The lowest BCUT2D eigenvalue weighted by Crippen LogP contribution is -2.66. The molecule has 0 aliphatic carbocycles. The molecular formula is C56H95NO18. The molecule has 1 amide bonds. The van der Waals surface area contributed by atoms with Crippen LogP contribution in [0, 0.1) is 0 Å². The van der Waals surface area contributed by atoms with Gasteiger partial charge in [-0.25, -0.2) is 0 Å². The number of nitrogens with one attached hydrogen (secondary N) is 1. The summed E-state index contributed by atoms with van der Waals surface area (Å²) in [5.74, 6) is -0.306. The minimum Gasteiger partial charge on any atom is -0.394 e. The third-order valence-corrected chi connectivity index (χ3v) is 13.5. The van der Waals surface area contributed by atoms with Crippen LogP contribution in [0.4, 0.5) is 0 Å². The first-order chi connectivity index (χ1) is 36.3. The summed E-state index contributed by atoms with van der Waals surface area (Å²) in [7, 11) is 0. The molecule has 3 rings (SSSR count). The van der Waals surface area contributed by atoms with E-state index in [1.807, 2.05) is 6.08 Å². The van der Waals surface area contributed by atoms with Crippen molar-refractivity contribution in [3.05, 3.63) is 72.9 Å². The normalized spacial score (nSPS) is 31.8. The molecule has 17 atom stereocenters. The van der Waals surface area contributed by atoms with Gasteiger partial charge in [0, 0.05) is 6.42 Å². The minimum atomic E-state index is -1.98. The van der Waals surface area contributed by atoms with Gasteiger partial charge in [-0.3, -0.25) is 4.79 Å². The average molecular weight is 1070 g/mol. The zero-order chi connectivity index (χ0) is 54.8. The highest BCUT2D eigenvalue weighted by Gasteiger charge is 2.53. The van der Waals surface area contributed by atoms with E-state index in [4.69, 9.17) is 28.4 Å². The van der Waals surface area contributed by atoms with Gasteiger partial charge < -0.3 is 89.9 Å². The lowest BCUT2D eigenvalue weighted by Gasteiger charge is -2.48. The maximum absolute atomic E-state index is 13.3. The van der Waals surface area contributed by atoms with Crippen molar-refractivity contribution in [1.82, 2.24) is 5.32 Å². The molecule has 0 aromatic rings. The Morgan fingerprint density at radius 1 is 0.493 bits per heavy atom. The maximum Gasteiger partial charge on any atom is 0.220 e. The first-order valence-electron chi connectivity index (χ1n) is 27.7. The molecule has 0 saturated carbocycles. The van der Waals surface area contributed by atoms with Gasteiger partial charge in [0.15, 0.2) is 18.9 Å². The molecule has 19 nitrogen and oxygen atoms in total. The summed E-state index contributed by atoms with van der Waals surface area (Å²) < 4.78 is 34.1. The summed E-state index contributed by atoms with van der Waals surface area (Å²) in [4.78, 5) is 13.3. The molecule has 3 fully saturated rings. The Kier molecular flexibility index (Phi) is 35.1. The fourth-order valence-corrected chi connectivity index (χ4v) is 8.88. The number of aliphatic hydroxyl groups is 11. The van der Waals surface area contributed by atoms with Crippen LogP contribution in [0.1, 0.15) is 142 Å². The number of aliphatic hydroxyl groups excluding tert-OH is 11. The molecule has 3 heterocycles. The summed E-state index contributed by atoms with van der Waals surface area (Å²) in [6, 6.07) is -1.00. The van der Waals surface area contributed by atoms with Crippen molar-refractivity contribution < 1.29 is 89.4 Å². The van der Waals surface area contributed by atoms with Crippen molar-refractivity contribution in [2.75, 3.05) is 26.4 Å². The molecule has 75 heavy (non-hydrogen) atoms. The Labute approximate surface area is 445 Å². The van der Waals surface area contributed by atoms with Crippen molar-refractivity contribution in [3.63, 3.8) is 0 Å². The van der Waals surface area contributed by atoms with Crippen molar-refractivity contribution in [1.29, 1.82) is 0 Å². The topological polar surface area (TPSA) is 307 Å². The van der Waals surface area contributed by atoms with Gasteiger partial charge in [-0.05, 0) is 77.0 Å². The van der Waals surface area contributed by atoms with Crippen LogP contribution in [0.3, 0.4) is 0 Å². The summed E-state index contributed by atoms with van der Waals surface area (Å²) >= 11 is 0. The van der Waals surface area contributed by atoms with E-state index < -0.39 is 124 Å². The molecule has 3 aliphatic rings. The number of amides is 1. The second-order valence-corrected chi connectivity index (χ2v) is 19.6. The summed E-state index contributed by atoms with van der Waals surface area (Å²) in [6.07, 6.45) is 17.5. The number of unbranched alkanes of at least 4 members (excludes halogenated alkanes) is 12. The summed E-state index contributed by atoms with van der Waals surface area (Å²) in [5, 5.41) is 120. The van der Waals surface area contributed by atoms with Crippen LogP contribution in [0.25, 0.3) is 0 Å². The molecule has 3 saturated heterocycles. The summed E-state index contributed by atoms with van der Waals surface area (Å²) in [5.41, 5.74) is 0. The number of ether oxygens (including phenoxy) is 6. The van der Waals surface area contributed by atoms with Crippen LogP contribution < -0.4 is 5.32 Å². The Morgan fingerprint density at radius 2 is 0.933 bits per heavy atom. The molecule has 432 valence electrons. The molecule has 0 aromatic carbocycles. The van der Waals surface area contributed by atoms with Crippen molar-refractivity contribution in [3.8, 4) is 0 Å². The molecule has 17 unspecified atom stereocenters. The van der Waals surface area contributed by atoms with E-state index in [9.17, 15) is 61.0 Å². The van der Waals surface area contributed by atoms with Crippen LogP contribution in [0.5, 0.6) is 0 Å². The lowest BCUT2D eigenvalue weighted by molar-refractivity contribution is -0.379. The van der Waals surface area contributed by atoms with Gasteiger partial charge in [0.25, 0.3) is 0 Å². The fraction of sp³-hybridized carbons (Fsp3) is 0.768. The zero-order valence-electron chi connectivity index (χ0n) is 44.5. The van der Waals surface area contributed by atoms with E-state index in [2.05, 4.69) is 79.9 Å². The van der Waals surface area contributed by atoms with Gasteiger partial charge in [0.2, 0.25) is 5.91 Å². The van der Waals surface area contributed by atoms with E-state index >= 15 is 0 Å². The second-order valence-electron chi connectivity index (χ2n) is 19.6. The second kappa shape index (κ2) is 39.6.